The molecular weight excluding hydrogens is 294 g/mol. The van der Waals surface area contributed by atoms with Crippen LogP contribution in [0.5, 0.6) is 0 Å². The molecule has 0 amide bonds. The molecule has 0 bridgehead atoms. The Morgan fingerprint density at radius 3 is 2.74 bits per heavy atom. The standard InChI is InChI=1S/C8H7N5O4S2/c9-5-2-1-3-6(8(5)13(14)15)19(16,17)11-7-4-10-12-18-7/h1-4,11H,9H2. The fraction of sp³-hybridized carbons (Fsp3) is 0. The zero-order valence-corrected chi connectivity index (χ0v) is 10.8. The monoisotopic (exact) mass is 301 g/mol. The second-order valence-corrected chi connectivity index (χ2v) is 5.77. The lowest BCUT2D eigenvalue weighted by Crippen LogP contribution is -2.14. The summed E-state index contributed by atoms with van der Waals surface area (Å²) in [5.41, 5.74) is 4.55. The van der Waals surface area contributed by atoms with Crippen molar-refractivity contribution in [3.8, 4) is 0 Å². The average molecular weight is 301 g/mol. The summed E-state index contributed by atoms with van der Waals surface area (Å²) in [6.45, 7) is 0. The van der Waals surface area contributed by atoms with Crippen LogP contribution in [0.4, 0.5) is 16.4 Å². The number of aromatic nitrogens is 2. The molecule has 0 aliphatic carbocycles. The van der Waals surface area contributed by atoms with E-state index in [4.69, 9.17) is 5.73 Å². The van der Waals surface area contributed by atoms with Crippen LogP contribution < -0.4 is 10.5 Å². The van der Waals surface area contributed by atoms with Gasteiger partial charge in [-0.25, -0.2) is 8.42 Å². The number of hydrogen-bond acceptors (Lipinski definition) is 8. The molecule has 0 aliphatic rings. The van der Waals surface area contributed by atoms with Crippen molar-refractivity contribution in [2.24, 2.45) is 0 Å². The number of nitro benzene ring substituents is 1. The van der Waals surface area contributed by atoms with Crippen LogP contribution in [-0.4, -0.2) is 22.9 Å². The van der Waals surface area contributed by atoms with Gasteiger partial charge in [-0.3, -0.25) is 14.8 Å². The molecule has 2 aromatic rings. The summed E-state index contributed by atoms with van der Waals surface area (Å²) in [5.74, 6) is 0. The topological polar surface area (TPSA) is 141 Å². The molecular formula is C8H7N5O4S2. The number of para-hydroxylation sites is 1. The fourth-order valence-corrected chi connectivity index (χ4v) is 3.24. The Hall–Kier alpha value is -2.27. The summed E-state index contributed by atoms with van der Waals surface area (Å²) in [5, 5.41) is 14.5. The number of sulfonamides is 1. The van der Waals surface area contributed by atoms with Gasteiger partial charge in [0.25, 0.3) is 10.0 Å². The molecule has 1 aromatic carbocycles. The highest BCUT2D eigenvalue weighted by atomic mass is 32.2. The van der Waals surface area contributed by atoms with Crippen molar-refractivity contribution < 1.29 is 13.3 Å². The molecule has 0 fully saturated rings. The molecule has 1 heterocycles. The van der Waals surface area contributed by atoms with Gasteiger partial charge in [-0.15, -0.1) is 5.10 Å². The second-order valence-electron chi connectivity index (χ2n) is 3.34. The number of hydrogen-bond donors (Lipinski definition) is 2. The number of nitro groups is 1. The van der Waals surface area contributed by atoms with E-state index in [1.807, 2.05) is 0 Å². The SMILES string of the molecule is Nc1cccc(S(=O)(=O)Nc2cnns2)c1[N+](=O)[O-]. The number of nitrogen functional groups attached to an aromatic ring is 1. The van der Waals surface area contributed by atoms with Gasteiger partial charge in [0.15, 0.2) is 4.90 Å². The Labute approximate surface area is 111 Å². The van der Waals surface area contributed by atoms with E-state index in [1.54, 1.807) is 0 Å². The molecule has 0 spiro atoms. The summed E-state index contributed by atoms with van der Waals surface area (Å²) in [6.07, 6.45) is 1.19. The minimum absolute atomic E-state index is 0.150. The van der Waals surface area contributed by atoms with Crippen LogP contribution in [0.1, 0.15) is 0 Å². The molecule has 3 N–H and O–H groups in total. The highest BCUT2D eigenvalue weighted by Gasteiger charge is 2.28. The first kappa shape index (κ1) is 13.2. The molecule has 9 nitrogen and oxygen atoms in total. The third kappa shape index (κ3) is 2.61. The van der Waals surface area contributed by atoms with Crippen molar-refractivity contribution in [3.63, 3.8) is 0 Å². The molecule has 11 heteroatoms. The summed E-state index contributed by atoms with van der Waals surface area (Å²) in [4.78, 5) is 9.56. The Bertz CT molecular complexity index is 713. The highest BCUT2D eigenvalue weighted by molar-refractivity contribution is 7.93. The second kappa shape index (κ2) is 4.78. The minimum Gasteiger partial charge on any atom is -0.393 e. The van der Waals surface area contributed by atoms with Gasteiger partial charge in [-0.2, -0.15) is 0 Å². The zero-order valence-electron chi connectivity index (χ0n) is 9.18. The van der Waals surface area contributed by atoms with Gasteiger partial charge in [0.05, 0.1) is 11.1 Å². The Morgan fingerprint density at radius 1 is 1.42 bits per heavy atom. The Balaban J connectivity index is 2.52. The molecule has 0 unspecified atom stereocenters. The number of benzene rings is 1. The van der Waals surface area contributed by atoms with E-state index in [1.165, 1.54) is 18.3 Å². The summed E-state index contributed by atoms with van der Waals surface area (Å²) in [7, 11) is -4.12. The summed E-state index contributed by atoms with van der Waals surface area (Å²) >= 11 is 0.810. The lowest BCUT2D eigenvalue weighted by atomic mass is 10.3. The number of rotatable bonds is 4. The van der Waals surface area contributed by atoms with Gasteiger partial charge < -0.3 is 5.73 Å². The van der Waals surface area contributed by atoms with Crippen molar-refractivity contribution in [2.45, 2.75) is 4.90 Å². The Kier molecular flexibility index (Phi) is 3.31. The third-order valence-electron chi connectivity index (χ3n) is 2.10. The van der Waals surface area contributed by atoms with Gasteiger partial charge in [-0.05, 0) is 12.1 Å². The van der Waals surface area contributed by atoms with Crippen LogP contribution in [-0.2, 0) is 10.0 Å². The fourth-order valence-electron chi connectivity index (χ4n) is 1.35. The van der Waals surface area contributed by atoms with Gasteiger partial charge in [0.1, 0.15) is 10.7 Å². The first-order valence-corrected chi connectivity index (χ1v) is 7.00. The van der Waals surface area contributed by atoms with E-state index in [2.05, 4.69) is 14.3 Å². The predicted octanol–water partition coefficient (Wildman–Crippen LogP) is 0.829. The maximum Gasteiger partial charge on any atom is 0.312 e. The van der Waals surface area contributed by atoms with Crippen molar-refractivity contribution in [1.82, 2.24) is 9.59 Å². The van der Waals surface area contributed by atoms with Crippen molar-refractivity contribution in [3.05, 3.63) is 34.5 Å². The maximum absolute atomic E-state index is 12.1. The van der Waals surface area contributed by atoms with E-state index in [-0.39, 0.29) is 10.7 Å². The molecule has 0 radical (unpaired) electrons. The van der Waals surface area contributed by atoms with E-state index in [9.17, 15) is 18.5 Å². The summed E-state index contributed by atoms with van der Waals surface area (Å²) < 4.78 is 29.7. The zero-order chi connectivity index (χ0) is 14.0. The van der Waals surface area contributed by atoms with Crippen molar-refractivity contribution >= 4 is 37.9 Å². The molecule has 2 rings (SSSR count). The third-order valence-corrected chi connectivity index (χ3v) is 4.20. The van der Waals surface area contributed by atoms with Crippen LogP contribution in [0.25, 0.3) is 0 Å². The van der Waals surface area contributed by atoms with Crippen LogP contribution in [0.2, 0.25) is 0 Å². The van der Waals surface area contributed by atoms with Crippen molar-refractivity contribution in [1.29, 1.82) is 0 Å². The molecule has 0 saturated carbocycles. The number of anilines is 2. The number of nitrogens with two attached hydrogens (primary N) is 1. The molecule has 0 saturated heterocycles. The first-order chi connectivity index (χ1) is 8.92. The van der Waals surface area contributed by atoms with Crippen LogP contribution in [0.3, 0.4) is 0 Å². The minimum atomic E-state index is -4.12. The van der Waals surface area contributed by atoms with Gasteiger partial charge in [0.2, 0.25) is 0 Å². The molecule has 0 atom stereocenters. The van der Waals surface area contributed by atoms with Crippen LogP contribution >= 0.6 is 11.5 Å². The number of nitrogens with zero attached hydrogens (tertiary/aromatic N) is 3. The lowest BCUT2D eigenvalue weighted by Gasteiger charge is -2.07. The highest BCUT2D eigenvalue weighted by Crippen LogP contribution is 2.31. The van der Waals surface area contributed by atoms with Crippen LogP contribution in [0.15, 0.2) is 29.3 Å². The average Bonchev–Trinajstić information content (AvgIpc) is 2.80. The quantitative estimate of drug-likeness (QED) is 0.484. The predicted molar refractivity (Wildman–Crippen MR) is 68.2 cm³/mol. The van der Waals surface area contributed by atoms with E-state index < -0.39 is 25.5 Å². The normalized spacial score (nSPS) is 11.2. The maximum atomic E-state index is 12.1. The van der Waals surface area contributed by atoms with E-state index >= 15 is 0 Å². The molecule has 0 aliphatic heterocycles. The number of nitrogens with one attached hydrogen (secondary N) is 1. The van der Waals surface area contributed by atoms with Gasteiger partial charge in [0, 0.05) is 11.5 Å². The van der Waals surface area contributed by atoms with Gasteiger partial charge >= 0.3 is 5.69 Å². The first-order valence-electron chi connectivity index (χ1n) is 4.75. The Morgan fingerprint density at radius 2 is 2.16 bits per heavy atom. The van der Waals surface area contributed by atoms with E-state index in [0.29, 0.717) is 0 Å². The lowest BCUT2D eigenvalue weighted by molar-refractivity contribution is -0.386. The molecule has 100 valence electrons. The van der Waals surface area contributed by atoms with Crippen LogP contribution in [0, 0.1) is 10.1 Å². The van der Waals surface area contributed by atoms with Gasteiger partial charge in [-0.1, -0.05) is 10.6 Å². The smallest absolute Gasteiger partial charge is 0.312 e. The summed E-state index contributed by atoms with van der Waals surface area (Å²) in [6, 6.07) is 3.68. The van der Waals surface area contributed by atoms with E-state index in [0.717, 1.165) is 17.6 Å². The molecule has 1 aromatic heterocycles. The van der Waals surface area contributed by atoms with Crippen molar-refractivity contribution in [2.75, 3.05) is 10.5 Å². The molecule has 19 heavy (non-hydrogen) atoms. The largest absolute Gasteiger partial charge is 0.393 e.